The molecule has 0 atom stereocenters. The zero-order valence-electron chi connectivity index (χ0n) is 11.2. The van der Waals surface area contributed by atoms with E-state index in [9.17, 15) is 0 Å². The average molecular weight is 242 g/mol. The van der Waals surface area contributed by atoms with Gasteiger partial charge < -0.3 is 10.6 Å². The number of nitrogens with two attached hydrogens (primary N) is 1. The number of hydrogen-bond donors (Lipinski definition) is 1. The van der Waals surface area contributed by atoms with Gasteiger partial charge in [0.1, 0.15) is 5.82 Å². The van der Waals surface area contributed by atoms with Crippen LogP contribution in [0.1, 0.15) is 11.4 Å². The summed E-state index contributed by atoms with van der Waals surface area (Å²) in [6.07, 6.45) is 1.78. The maximum Gasteiger partial charge on any atom is 0.136 e. The van der Waals surface area contributed by atoms with Crippen LogP contribution >= 0.6 is 0 Å². The average Bonchev–Trinajstić information content (AvgIpc) is 2.28. The van der Waals surface area contributed by atoms with Crippen molar-refractivity contribution in [1.82, 2.24) is 9.97 Å². The first-order valence-electron chi connectivity index (χ1n) is 5.87. The molecule has 0 aliphatic rings. The van der Waals surface area contributed by atoms with E-state index in [2.05, 4.69) is 9.97 Å². The van der Waals surface area contributed by atoms with Gasteiger partial charge in [-0.25, -0.2) is 4.98 Å². The van der Waals surface area contributed by atoms with E-state index in [0.717, 1.165) is 34.0 Å². The summed E-state index contributed by atoms with van der Waals surface area (Å²) in [5.74, 6) is 0.901. The number of anilines is 2. The first-order chi connectivity index (χ1) is 8.50. The van der Waals surface area contributed by atoms with E-state index in [0.29, 0.717) is 0 Å². The number of rotatable bonds is 2. The van der Waals surface area contributed by atoms with Crippen LogP contribution in [-0.2, 0) is 0 Å². The smallest absolute Gasteiger partial charge is 0.136 e. The Morgan fingerprint density at radius 3 is 2.56 bits per heavy atom. The van der Waals surface area contributed by atoms with Gasteiger partial charge in [0.15, 0.2) is 0 Å². The maximum atomic E-state index is 6.14. The Morgan fingerprint density at radius 2 is 1.94 bits per heavy atom. The lowest BCUT2D eigenvalue weighted by atomic mass is 10.0. The second-order valence-corrected chi connectivity index (χ2v) is 4.58. The largest absolute Gasteiger partial charge is 0.398 e. The van der Waals surface area contributed by atoms with Gasteiger partial charge in [-0.15, -0.1) is 0 Å². The molecule has 0 saturated carbocycles. The highest BCUT2D eigenvalue weighted by Crippen LogP contribution is 2.34. The van der Waals surface area contributed by atoms with Crippen LogP contribution in [-0.4, -0.2) is 24.1 Å². The molecule has 18 heavy (non-hydrogen) atoms. The molecule has 0 aromatic carbocycles. The predicted molar refractivity (Wildman–Crippen MR) is 75.7 cm³/mol. The number of pyridine rings is 2. The zero-order valence-corrected chi connectivity index (χ0v) is 11.2. The van der Waals surface area contributed by atoms with E-state index in [-0.39, 0.29) is 0 Å². The van der Waals surface area contributed by atoms with Gasteiger partial charge in [-0.1, -0.05) is 0 Å². The standard InChI is InChI=1S/C14H18N4/c1-9-8-12(15)13(10(2)17-9)11-6-5-7-16-14(11)18(3)4/h5-8H,1-4H3,(H2,15,17). The molecule has 2 aromatic rings. The third-order valence-electron chi connectivity index (χ3n) is 2.84. The summed E-state index contributed by atoms with van der Waals surface area (Å²) < 4.78 is 0. The molecular weight excluding hydrogens is 224 g/mol. The summed E-state index contributed by atoms with van der Waals surface area (Å²) in [7, 11) is 3.94. The van der Waals surface area contributed by atoms with Crippen molar-refractivity contribution in [3.8, 4) is 11.1 Å². The highest BCUT2D eigenvalue weighted by Gasteiger charge is 2.14. The van der Waals surface area contributed by atoms with Crippen LogP contribution in [0.3, 0.4) is 0 Å². The van der Waals surface area contributed by atoms with Crippen molar-refractivity contribution < 1.29 is 0 Å². The molecule has 4 nitrogen and oxygen atoms in total. The van der Waals surface area contributed by atoms with Crippen molar-refractivity contribution in [3.05, 3.63) is 35.8 Å². The molecule has 0 saturated heterocycles. The van der Waals surface area contributed by atoms with Crippen LogP contribution in [0, 0.1) is 13.8 Å². The zero-order chi connectivity index (χ0) is 13.3. The van der Waals surface area contributed by atoms with Gasteiger partial charge in [0.05, 0.1) is 0 Å². The molecule has 0 spiro atoms. The highest BCUT2D eigenvalue weighted by molar-refractivity contribution is 5.85. The topological polar surface area (TPSA) is 55.0 Å². The Morgan fingerprint density at radius 1 is 1.22 bits per heavy atom. The Bertz CT molecular complexity index is 553. The first kappa shape index (κ1) is 12.4. The van der Waals surface area contributed by atoms with E-state index in [1.54, 1.807) is 6.20 Å². The fourth-order valence-electron chi connectivity index (χ4n) is 2.16. The molecule has 2 N–H and O–H groups in total. The third kappa shape index (κ3) is 2.14. The van der Waals surface area contributed by atoms with Crippen LogP contribution < -0.4 is 10.6 Å². The molecule has 0 fully saturated rings. The molecule has 0 aliphatic heterocycles. The number of nitrogens with zero attached hydrogens (tertiary/aromatic N) is 3. The lowest BCUT2D eigenvalue weighted by Crippen LogP contribution is -2.12. The minimum atomic E-state index is 0.746. The summed E-state index contributed by atoms with van der Waals surface area (Å²) in [6.45, 7) is 3.92. The van der Waals surface area contributed by atoms with Crippen molar-refractivity contribution in [3.63, 3.8) is 0 Å². The SMILES string of the molecule is Cc1cc(N)c(-c2cccnc2N(C)C)c(C)n1. The molecular formula is C14H18N4. The van der Waals surface area contributed by atoms with E-state index >= 15 is 0 Å². The van der Waals surface area contributed by atoms with Crippen LogP contribution in [0.2, 0.25) is 0 Å². The first-order valence-corrected chi connectivity index (χ1v) is 5.87. The van der Waals surface area contributed by atoms with Gasteiger partial charge in [0, 0.05) is 48.5 Å². The Kier molecular flexibility index (Phi) is 3.19. The van der Waals surface area contributed by atoms with Crippen molar-refractivity contribution in [1.29, 1.82) is 0 Å². The lowest BCUT2D eigenvalue weighted by molar-refractivity contribution is 1.06. The van der Waals surface area contributed by atoms with E-state index in [1.807, 2.05) is 51.0 Å². The number of hydrogen-bond acceptors (Lipinski definition) is 4. The minimum Gasteiger partial charge on any atom is -0.398 e. The van der Waals surface area contributed by atoms with Gasteiger partial charge in [-0.2, -0.15) is 0 Å². The Hall–Kier alpha value is -2.10. The number of nitrogen functional groups attached to an aromatic ring is 1. The van der Waals surface area contributed by atoms with Gasteiger partial charge in [0.2, 0.25) is 0 Å². The van der Waals surface area contributed by atoms with Gasteiger partial charge in [-0.3, -0.25) is 4.98 Å². The molecule has 0 radical (unpaired) electrons. The van der Waals surface area contributed by atoms with Crippen molar-refractivity contribution in [2.45, 2.75) is 13.8 Å². The molecule has 2 aromatic heterocycles. The van der Waals surface area contributed by atoms with Crippen LogP contribution in [0.5, 0.6) is 0 Å². The summed E-state index contributed by atoms with van der Waals surface area (Å²) >= 11 is 0. The quantitative estimate of drug-likeness (QED) is 0.878. The second kappa shape index (κ2) is 4.64. The predicted octanol–water partition coefficient (Wildman–Crippen LogP) is 2.41. The summed E-state index contributed by atoms with van der Waals surface area (Å²) in [6, 6.07) is 5.84. The summed E-state index contributed by atoms with van der Waals surface area (Å²) in [4.78, 5) is 10.9. The van der Waals surface area contributed by atoms with Gasteiger partial charge in [0.25, 0.3) is 0 Å². The molecule has 4 heteroatoms. The fourth-order valence-corrected chi connectivity index (χ4v) is 2.16. The van der Waals surface area contributed by atoms with Gasteiger partial charge >= 0.3 is 0 Å². The second-order valence-electron chi connectivity index (χ2n) is 4.58. The fraction of sp³-hybridized carbons (Fsp3) is 0.286. The maximum absolute atomic E-state index is 6.14. The molecule has 94 valence electrons. The monoisotopic (exact) mass is 242 g/mol. The number of aromatic nitrogens is 2. The van der Waals surface area contributed by atoms with E-state index in [4.69, 9.17) is 5.73 Å². The molecule has 0 unspecified atom stereocenters. The third-order valence-corrected chi connectivity index (χ3v) is 2.84. The molecule has 0 bridgehead atoms. The lowest BCUT2D eigenvalue weighted by Gasteiger charge is -2.18. The van der Waals surface area contributed by atoms with E-state index in [1.165, 1.54) is 0 Å². The molecule has 0 aliphatic carbocycles. The van der Waals surface area contributed by atoms with Gasteiger partial charge in [-0.05, 0) is 32.0 Å². The van der Waals surface area contributed by atoms with Crippen LogP contribution in [0.15, 0.2) is 24.4 Å². The van der Waals surface area contributed by atoms with Crippen LogP contribution in [0.25, 0.3) is 11.1 Å². The van der Waals surface area contributed by atoms with Crippen molar-refractivity contribution >= 4 is 11.5 Å². The normalized spacial score (nSPS) is 10.4. The number of aryl methyl sites for hydroxylation is 2. The Labute approximate surface area is 107 Å². The molecule has 0 amide bonds. The van der Waals surface area contributed by atoms with Crippen LogP contribution in [0.4, 0.5) is 11.5 Å². The summed E-state index contributed by atoms with van der Waals surface area (Å²) in [5, 5.41) is 0. The van der Waals surface area contributed by atoms with Crippen molar-refractivity contribution in [2.75, 3.05) is 24.7 Å². The van der Waals surface area contributed by atoms with Crippen molar-refractivity contribution in [2.24, 2.45) is 0 Å². The minimum absolute atomic E-state index is 0.746. The Balaban J connectivity index is 2.70. The summed E-state index contributed by atoms with van der Waals surface area (Å²) in [5.41, 5.74) is 10.7. The van der Waals surface area contributed by atoms with E-state index < -0.39 is 0 Å². The molecule has 2 rings (SSSR count). The highest BCUT2D eigenvalue weighted by atomic mass is 15.1. The molecule has 2 heterocycles.